The molecule has 0 aliphatic carbocycles. The van der Waals surface area contributed by atoms with Crippen molar-refractivity contribution in [3.63, 3.8) is 0 Å². The number of hydrogen-bond donors (Lipinski definition) is 0. The van der Waals surface area contributed by atoms with Gasteiger partial charge in [-0.3, -0.25) is 0 Å². The Morgan fingerprint density at radius 2 is 1.63 bits per heavy atom. The van der Waals surface area contributed by atoms with E-state index in [2.05, 4.69) is 4.98 Å². The average molecular weight is 462 g/mol. The van der Waals surface area contributed by atoms with Crippen molar-refractivity contribution >= 4 is 30.2 Å². The van der Waals surface area contributed by atoms with Crippen LogP contribution in [-0.4, -0.2) is 38.3 Å². The van der Waals surface area contributed by atoms with Gasteiger partial charge in [-0.1, -0.05) is 24.3 Å². The van der Waals surface area contributed by atoms with Gasteiger partial charge in [-0.25, -0.2) is 22.5 Å². The number of aromatic nitrogens is 2. The smallest absolute Gasteiger partial charge is 0.411 e. The summed E-state index contributed by atoms with van der Waals surface area (Å²) in [6, 6.07) is 5.18. The molecule has 1 aromatic carbocycles. The van der Waals surface area contributed by atoms with Crippen LogP contribution in [0.5, 0.6) is 0 Å². The van der Waals surface area contributed by atoms with Crippen LogP contribution in [0.2, 0.25) is 0 Å². The van der Waals surface area contributed by atoms with Gasteiger partial charge in [0.15, 0.2) is 24.3 Å². The molecule has 0 aliphatic heterocycles. The Morgan fingerprint density at radius 1 is 1.10 bits per heavy atom. The first kappa shape index (κ1) is 24.5. The van der Waals surface area contributed by atoms with Crippen molar-refractivity contribution < 1.29 is 22.2 Å². The molecule has 0 saturated heterocycles. The van der Waals surface area contributed by atoms with E-state index in [-0.39, 0.29) is 35.8 Å². The van der Waals surface area contributed by atoms with Crippen LogP contribution in [0.15, 0.2) is 29.3 Å². The first-order valence-corrected chi connectivity index (χ1v) is 11.3. The van der Waals surface area contributed by atoms with Crippen LogP contribution in [0, 0.1) is 6.92 Å². The molecule has 5 nitrogen and oxygen atoms in total. The third-order valence-electron chi connectivity index (χ3n) is 4.51. The highest BCUT2D eigenvalue weighted by atomic mass is 32.2. The van der Waals surface area contributed by atoms with Gasteiger partial charge in [0.2, 0.25) is 0 Å². The van der Waals surface area contributed by atoms with Crippen LogP contribution < -0.4 is 0 Å². The van der Waals surface area contributed by atoms with Gasteiger partial charge in [0.05, 0.1) is 5.69 Å². The van der Waals surface area contributed by atoms with Gasteiger partial charge >= 0.3 is 6.09 Å². The Morgan fingerprint density at radius 3 is 2.07 bits per heavy atom. The minimum atomic E-state index is -2.62. The number of ether oxygens (including phenoxy) is 1. The molecule has 2 aromatic rings. The molecule has 0 saturated carbocycles. The summed E-state index contributed by atoms with van der Waals surface area (Å²) in [5.41, 5.74) is 0.852. The molecule has 0 aliphatic rings. The van der Waals surface area contributed by atoms with Gasteiger partial charge in [0.25, 0.3) is 6.43 Å². The van der Waals surface area contributed by atoms with Gasteiger partial charge in [-0.2, -0.15) is 0 Å². The Balaban J connectivity index is 2.55. The molecule has 1 heterocycles. The van der Waals surface area contributed by atoms with E-state index in [1.807, 2.05) is 27.7 Å². The number of amides is 1. The molecular formula is C20H26F3N3O2S2. The number of rotatable bonds is 8. The quantitative estimate of drug-likeness (QED) is 0.416. The first-order chi connectivity index (χ1) is 14.1. The zero-order valence-electron chi connectivity index (χ0n) is 17.7. The molecule has 10 heteroatoms. The Labute approximate surface area is 183 Å². The highest BCUT2D eigenvalue weighted by Gasteiger charge is 2.31. The molecule has 2 rings (SSSR count). The van der Waals surface area contributed by atoms with Gasteiger partial charge in [0.1, 0.15) is 5.03 Å². The number of alkyl halides is 2. The fraction of sp³-hybridized carbons (Fsp3) is 0.500. The molecule has 1 aromatic heterocycles. The maximum Gasteiger partial charge on any atom is 0.411 e. The number of benzene rings is 1. The van der Waals surface area contributed by atoms with Crippen LogP contribution in [0.1, 0.15) is 62.9 Å². The second-order valence-electron chi connectivity index (χ2n) is 7.25. The average Bonchev–Trinajstić information content (AvgIpc) is 3.00. The standard InChI is InChI=1S/C20H26F3N3O2S2/c1-11(2)25(12(3)4)20(27)28-16(14-7-9-15(10-8-14)17(21)22)18-24-13(5)19(29-6)26(18)30-23/h7-12,16-17H,1-6H3. The Bertz CT molecular complexity index is 850. The van der Waals surface area contributed by atoms with E-state index in [1.54, 1.807) is 18.1 Å². The van der Waals surface area contributed by atoms with Crippen molar-refractivity contribution in [2.45, 2.75) is 64.3 Å². The van der Waals surface area contributed by atoms with Crippen LogP contribution in [-0.2, 0) is 4.74 Å². The predicted molar refractivity (Wildman–Crippen MR) is 115 cm³/mol. The van der Waals surface area contributed by atoms with Crippen molar-refractivity contribution in [3.8, 4) is 0 Å². The van der Waals surface area contributed by atoms with Crippen LogP contribution in [0.25, 0.3) is 0 Å². The van der Waals surface area contributed by atoms with E-state index >= 15 is 0 Å². The highest BCUT2D eigenvalue weighted by molar-refractivity contribution is 7.99. The molecule has 166 valence electrons. The molecule has 0 N–H and O–H groups in total. The minimum absolute atomic E-state index is 0.0450. The van der Waals surface area contributed by atoms with Crippen molar-refractivity contribution in [3.05, 3.63) is 46.9 Å². The Kier molecular flexibility index (Phi) is 8.54. The monoisotopic (exact) mass is 461 g/mol. The van der Waals surface area contributed by atoms with Crippen LogP contribution in [0.3, 0.4) is 0 Å². The van der Waals surface area contributed by atoms with Crippen LogP contribution in [0.4, 0.5) is 17.5 Å². The molecule has 1 unspecified atom stereocenters. The summed E-state index contributed by atoms with van der Waals surface area (Å²) in [7, 11) is 0. The lowest BCUT2D eigenvalue weighted by Crippen LogP contribution is -2.43. The van der Waals surface area contributed by atoms with E-state index in [0.29, 0.717) is 16.3 Å². The number of hydrogen-bond acceptors (Lipinski definition) is 5. The van der Waals surface area contributed by atoms with E-state index in [4.69, 9.17) is 4.74 Å². The Hall–Kier alpha value is -1.81. The second-order valence-corrected chi connectivity index (χ2v) is 8.55. The minimum Gasteiger partial charge on any atom is -0.433 e. The number of aryl methyl sites for hydroxylation is 1. The summed E-state index contributed by atoms with van der Waals surface area (Å²) in [6.45, 7) is 9.18. The van der Waals surface area contributed by atoms with Crippen molar-refractivity contribution in [1.29, 1.82) is 0 Å². The molecule has 0 spiro atoms. The third-order valence-corrected chi connectivity index (χ3v) is 6.00. The van der Waals surface area contributed by atoms with Gasteiger partial charge < -0.3 is 9.64 Å². The maximum atomic E-state index is 13.8. The molecule has 0 radical (unpaired) electrons. The second kappa shape index (κ2) is 10.5. The number of nitrogens with zero attached hydrogens (tertiary/aromatic N) is 3. The first-order valence-electron chi connectivity index (χ1n) is 9.41. The SMILES string of the molecule is CSc1c(C)nc(C(OC(=O)N(C(C)C)C(C)C)c2ccc(C(F)F)cc2)n1SF. The number of imidazole rings is 1. The summed E-state index contributed by atoms with van der Waals surface area (Å²) >= 11 is 1.27. The lowest BCUT2D eigenvalue weighted by atomic mass is 10.1. The number of halogens is 3. The normalized spacial score (nSPS) is 12.7. The highest BCUT2D eigenvalue weighted by Crippen LogP contribution is 2.35. The zero-order valence-corrected chi connectivity index (χ0v) is 19.4. The van der Waals surface area contributed by atoms with E-state index in [0.717, 1.165) is 0 Å². The fourth-order valence-electron chi connectivity index (χ4n) is 3.24. The van der Waals surface area contributed by atoms with Gasteiger partial charge in [0, 0.05) is 23.2 Å². The largest absolute Gasteiger partial charge is 0.433 e. The summed E-state index contributed by atoms with van der Waals surface area (Å²) in [4.78, 5) is 18.9. The van der Waals surface area contributed by atoms with E-state index in [9.17, 15) is 17.5 Å². The summed E-state index contributed by atoms with van der Waals surface area (Å²) < 4.78 is 46.8. The number of thioether (sulfide) groups is 1. The molecule has 1 atom stereocenters. The van der Waals surface area contributed by atoms with Crippen molar-refractivity contribution in [2.24, 2.45) is 0 Å². The lowest BCUT2D eigenvalue weighted by molar-refractivity contribution is 0.0548. The molecule has 1 amide bonds. The molecule has 0 fully saturated rings. The molecular weight excluding hydrogens is 435 g/mol. The van der Waals surface area contributed by atoms with Crippen molar-refractivity contribution in [1.82, 2.24) is 13.9 Å². The molecule has 0 bridgehead atoms. The summed E-state index contributed by atoms with van der Waals surface area (Å²) in [5.74, 6) is 0.176. The summed E-state index contributed by atoms with van der Waals surface area (Å²) in [5, 5.41) is 0.576. The van der Waals surface area contributed by atoms with Gasteiger partial charge in [-0.05, 0) is 40.9 Å². The maximum absolute atomic E-state index is 13.8. The predicted octanol–water partition coefficient (Wildman–Crippen LogP) is 6.58. The lowest BCUT2D eigenvalue weighted by Gasteiger charge is -2.31. The fourth-order valence-corrected chi connectivity index (χ4v) is 4.55. The zero-order chi connectivity index (χ0) is 22.6. The number of carbonyl (C=O) groups excluding carboxylic acids is 1. The topological polar surface area (TPSA) is 47.4 Å². The third kappa shape index (κ3) is 5.26. The van der Waals surface area contributed by atoms with Gasteiger partial charge in [-0.15, -0.1) is 15.6 Å². The van der Waals surface area contributed by atoms with E-state index in [1.165, 1.54) is 40.0 Å². The van der Waals surface area contributed by atoms with Crippen LogP contribution >= 0.6 is 24.1 Å². The van der Waals surface area contributed by atoms with Crippen molar-refractivity contribution in [2.75, 3.05) is 6.26 Å². The molecule has 30 heavy (non-hydrogen) atoms. The summed E-state index contributed by atoms with van der Waals surface area (Å²) in [6.07, 6.45) is -2.49. The van der Waals surface area contributed by atoms with E-state index < -0.39 is 18.6 Å². The number of carbonyl (C=O) groups is 1.